The standard InChI is InChI=1S/C14H8F4N2OS/c15-10(7-1-3-8(4-2-7)14(16,17)18)12-19-9-5-6-22-11(9)13(21)20-12/h1-6,10H,(H,19,20,21)/t10-/m1/s1. The number of aromatic amines is 1. The van der Waals surface area contributed by atoms with Crippen molar-refractivity contribution in [3.63, 3.8) is 0 Å². The lowest BCUT2D eigenvalue weighted by atomic mass is 10.1. The highest BCUT2D eigenvalue weighted by Gasteiger charge is 2.30. The monoisotopic (exact) mass is 328 g/mol. The number of rotatable bonds is 2. The van der Waals surface area contributed by atoms with Crippen LogP contribution in [0.5, 0.6) is 0 Å². The van der Waals surface area contributed by atoms with Crippen LogP contribution in [0.1, 0.15) is 23.1 Å². The van der Waals surface area contributed by atoms with Gasteiger partial charge in [0.05, 0.1) is 11.1 Å². The third-order valence-corrected chi connectivity index (χ3v) is 4.01. The molecular formula is C14H8F4N2OS. The molecule has 1 aromatic carbocycles. The van der Waals surface area contributed by atoms with E-state index in [0.717, 1.165) is 24.3 Å². The number of fused-ring (bicyclic) bond motifs is 1. The summed E-state index contributed by atoms with van der Waals surface area (Å²) in [5, 5.41) is 1.65. The Kier molecular flexibility index (Phi) is 3.48. The normalized spacial score (nSPS) is 13.5. The molecule has 0 aliphatic carbocycles. The van der Waals surface area contributed by atoms with Gasteiger partial charge in [-0.25, -0.2) is 9.37 Å². The molecule has 22 heavy (non-hydrogen) atoms. The fraction of sp³-hybridized carbons (Fsp3) is 0.143. The number of aromatic nitrogens is 2. The summed E-state index contributed by atoms with van der Waals surface area (Å²) in [6.45, 7) is 0. The average Bonchev–Trinajstić information content (AvgIpc) is 2.94. The van der Waals surface area contributed by atoms with Crippen LogP contribution in [0.2, 0.25) is 0 Å². The number of alkyl halides is 4. The van der Waals surface area contributed by atoms with E-state index < -0.39 is 23.5 Å². The van der Waals surface area contributed by atoms with Crippen LogP contribution in [0.15, 0.2) is 40.5 Å². The first kappa shape index (κ1) is 14.7. The maximum absolute atomic E-state index is 14.4. The molecule has 114 valence electrons. The van der Waals surface area contributed by atoms with Crippen LogP contribution in [0, 0.1) is 0 Å². The fourth-order valence-corrected chi connectivity index (χ4v) is 2.74. The largest absolute Gasteiger partial charge is 0.416 e. The summed E-state index contributed by atoms with van der Waals surface area (Å²) in [5.41, 5.74) is -0.980. The Morgan fingerprint density at radius 1 is 1.14 bits per heavy atom. The van der Waals surface area contributed by atoms with E-state index in [4.69, 9.17) is 0 Å². The molecule has 0 spiro atoms. The van der Waals surface area contributed by atoms with Crippen LogP contribution < -0.4 is 5.56 Å². The Labute approximate surface area is 125 Å². The summed E-state index contributed by atoms with van der Waals surface area (Å²) in [7, 11) is 0. The second-order valence-corrected chi connectivity index (χ2v) is 5.48. The van der Waals surface area contributed by atoms with Crippen LogP contribution in [0.25, 0.3) is 10.2 Å². The van der Waals surface area contributed by atoms with E-state index in [1.54, 1.807) is 11.4 Å². The molecule has 0 aliphatic rings. The van der Waals surface area contributed by atoms with Crippen molar-refractivity contribution >= 4 is 21.6 Å². The number of thiophene rings is 1. The molecule has 1 atom stereocenters. The van der Waals surface area contributed by atoms with Gasteiger partial charge in [0.15, 0.2) is 6.17 Å². The predicted molar refractivity (Wildman–Crippen MR) is 74.6 cm³/mol. The molecule has 8 heteroatoms. The van der Waals surface area contributed by atoms with Crippen LogP contribution in [0.3, 0.4) is 0 Å². The SMILES string of the molecule is O=c1[nH]c([C@H](F)c2ccc(C(F)(F)F)cc2)nc2ccsc12. The second-order valence-electron chi connectivity index (χ2n) is 4.57. The number of H-pyrrole nitrogens is 1. The topological polar surface area (TPSA) is 45.8 Å². The Morgan fingerprint density at radius 3 is 2.45 bits per heavy atom. The summed E-state index contributed by atoms with van der Waals surface area (Å²) in [5.74, 6) is -0.226. The third-order valence-electron chi connectivity index (χ3n) is 3.10. The zero-order chi connectivity index (χ0) is 15.9. The van der Waals surface area contributed by atoms with Gasteiger partial charge in [-0.2, -0.15) is 13.2 Å². The number of hydrogen-bond donors (Lipinski definition) is 1. The van der Waals surface area contributed by atoms with Crippen LogP contribution >= 0.6 is 11.3 Å². The maximum Gasteiger partial charge on any atom is 0.416 e. The lowest BCUT2D eigenvalue weighted by Crippen LogP contribution is -2.13. The van der Waals surface area contributed by atoms with E-state index in [1.807, 2.05) is 0 Å². The van der Waals surface area contributed by atoms with Crippen molar-refractivity contribution in [3.05, 3.63) is 63.0 Å². The van der Waals surface area contributed by atoms with Gasteiger partial charge in [0.25, 0.3) is 5.56 Å². The average molecular weight is 328 g/mol. The molecule has 0 fully saturated rings. The smallest absolute Gasteiger partial charge is 0.307 e. The molecule has 1 N–H and O–H groups in total. The van der Waals surface area contributed by atoms with Gasteiger partial charge < -0.3 is 4.98 Å². The number of nitrogens with zero attached hydrogens (tertiary/aromatic N) is 1. The van der Waals surface area contributed by atoms with Gasteiger partial charge in [-0.3, -0.25) is 4.79 Å². The summed E-state index contributed by atoms with van der Waals surface area (Å²) in [6.07, 6.45) is -6.29. The molecule has 3 aromatic rings. The van der Waals surface area contributed by atoms with Crippen molar-refractivity contribution in [1.82, 2.24) is 9.97 Å². The van der Waals surface area contributed by atoms with Gasteiger partial charge in [0.2, 0.25) is 0 Å². The molecule has 0 saturated carbocycles. The first-order chi connectivity index (χ1) is 10.4. The van der Waals surface area contributed by atoms with Crippen molar-refractivity contribution in [2.24, 2.45) is 0 Å². The van der Waals surface area contributed by atoms with Gasteiger partial charge in [-0.1, -0.05) is 12.1 Å². The van der Waals surface area contributed by atoms with E-state index in [9.17, 15) is 22.4 Å². The van der Waals surface area contributed by atoms with Crippen molar-refractivity contribution in [1.29, 1.82) is 0 Å². The third kappa shape index (κ3) is 2.61. The zero-order valence-corrected chi connectivity index (χ0v) is 11.6. The lowest BCUT2D eigenvalue weighted by Gasteiger charge is -2.10. The van der Waals surface area contributed by atoms with Crippen LogP contribution in [-0.2, 0) is 6.18 Å². The highest BCUT2D eigenvalue weighted by molar-refractivity contribution is 7.17. The summed E-state index contributed by atoms with van der Waals surface area (Å²) >= 11 is 1.18. The van der Waals surface area contributed by atoms with Crippen molar-refractivity contribution in [2.45, 2.75) is 12.3 Å². The molecule has 0 bridgehead atoms. The molecule has 0 radical (unpaired) electrons. The van der Waals surface area contributed by atoms with E-state index in [-0.39, 0.29) is 11.4 Å². The molecule has 3 rings (SSSR count). The molecular weight excluding hydrogens is 320 g/mol. The first-order valence-corrected chi connectivity index (χ1v) is 7.03. The molecule has 2 heterocycles. The summed E-state index contributed by atoms with van der Waals surface area (Å²) < 4.78 is 52.2. The van der Waals surface area contributed by atoms with Gasteiger partial charge >= 0.3 is 6.18 Å². The summed E-state index contributed by atoms with van der Waals surface area (Å²) in [4.78, 5) is 18.1. The predicted octanol–water partition coefficient (Wildman–Crippen LogP) is 4.06. The Balaban J connectivity index is 1.98. The number of benzene rings is 1. The quantitative estimate of drug-likeness (QED) is 0.721. The van der Waals surface area contributed by atoms with Gasteiger partial charge in [-0.05, 0) is 29.1 Å². The molecule has 0 amide bonds. The second kappa shape index (κ2) is 5.20. The molecule has 2 aromatic heterocycles. The first-order valence-electron chi connectivity index (χ1n) is 6.15. The van der Waals surface area contributed by atoms with Crippen LogP contribution in [-0.4, -0.2) is 9.97 Å². The fourth-order valence-electron chi connectivity index (χ4n) is 2.01. The number of hydrogen-bond acceptors (Lipinski definition) is 3. The number of nitrogens with one attached hydrogen (secondary N) is 1. The van der Waals surface area contributed by atoms with E-state index in [2.05, 4.69) is 9.97 Å². The van der Waals surface area contributed by atoms with Crippen molar-refractivity contribution < 1.29 is 17.6 Å². The van der Waals surface area contributed by atoms with E-state index in [0.29, 0.717) is 10.2 Å². The Bertz CT molecular complexity index is 867. The molecule has 0 unspecified atom stereocenters. The Morgan fingerprint density at radius 2 is 1.82 bits per heavy atom. The highest BCUT2D eigenvalue weighted by Crippen LogP contribution is 2.31. The van der Waals surface area contributed by atoms with Crippen LogP contribution in [0.4, 0.5) is 17.6 Å². The van der Waals surface area contributed by atoms with Gasteiger partial charge in [-0.15, -0.1) is 11.3 Å². The van der Waals surface area contributed by atoms with Crippen molar-refractivity contribution in [3.8, 4) is 0 Å². The van der Waals surface area contributed by atoms with E-state index >= 15 is 0 Å². The minimum Gasteiger partial charge on any atom is -0.307 e. The van der Waals surface area contributed by atoms with Gasteiger partial charge in [0, 0.05) is 0 Å². The van der Waals surface area contributed by atoms with Crippen molar-refractivity contribution in [2.75, 3.05) is 0 Å². The lowest BCUT2D eigenvalue weighted by molar-refractivity contribution is -0.137. The summed E-state index contributed by atoms with van der Waals surface area (Å²) in [6, 6.07) is 5.24. The minimum absolute atomic E-state index is 0.00858. The van der Waals surface area contributed by atoms with E-state index in [1.165, 1.54) is 11.3 Å². The molecule has 0 aliphatic heterocycles. The Hall–Kier alpha value is -2.22. The maximum atomic E-state index is 14.4. The minimum atomic E-state index is -4.48. The van der Waals surface area contributed by atoms with Gasteiger partial charge in [0.1, 0.15) is 10.5 Å². The number of halogens is 4. The molecule has 3 nitrogen and oxygen atoms in total. The highest BCUT2D eigenvalue weighted by atomic mass is 32.1. The zero-order valence-electron chi connectivity index (χ0n) is 10.8. The molecule has 0 saturated heterocycles.